The fourth-order valence-electron chi connectivity index (χ4n) is 4.48. The minimum Gasteiger partial charge on any atom is -0.479 e. The highest BCUT2D eigenvalue weighted by molar-refractivity contribution is 7.90. The first-order valence-electron chi connectivity index (χ1n) is 10.8. The molecule has 3 heterocycles. The fraction of sp³-hybridized carbons (Fsp3) is 0.381. The molecule has 17 heteroatoms. The number of nitrogens with zero attached hydrogens (tertiary/aromatic N) is 4. The third kappa shape index (κ3) is 3.87. The van der Waals surface area contributed by atoms with Gasteiger partial charge in [0.1, 0.15) is 17.7 Å². The van der Waals surface area contributed by atoms with E-state index in [2.05, 4.69) is 15.0 Å². The number of ether oxygens (including phenoxy) is 2. The highest BCUT2D eigenvalue weighted by Gasteiger charge is 2.80. The van der Waals surface area contributed by atoms with E-state index in [1.54, 1.807) is 0 Å². The molecule has 3 aromatic rings. The Balaban J connectivity index is 1.41. The lowest BCUT2D eigenvalue weighted by Gasteiger charge is -2.28. The standard InChI is InChI=1S/C21H19ClFN5O9S/c1-38(34,35)9-4-2-8(3-5-9)6-20(17(29)30,18(31)32)37-13-12-21(13,33)11(23)16(36-12)28-7-25-10-14(24)26-19(22)27-15(10)28/h2-5,7,11-13,16,33H,6H2,1H3,(H,29,30)(H,31,32)(H2,24,26,27)/t11-,12-,13?,16-,21+/m1/s1. The van der Waals surface area contributed by atoms with Crippen LogP contribution in [0.25, 0.3) is 11.2 Å². The fourth-order valence-corrected chi connectivity index (χ4v) is 5.28. The molecule has 5 N–H and O–H groups in total. The summed E-state index contributed by atoms with van der Waals surface area (Å²) >= 11 is 5.82. The highest BCUT2D eigenvalue weighted by atomic mass is 35.5. The van der Waals surface area contributed by atoms with Crippen molar-refractivity contribution >= 4 is 50.4 Å². The van der Waals surface area contributed by atoms with Gasteiger partial charge in [0.2, 0.25) is 5.28 Å². The van der Waals surface area contributed by atoms with E-state index in [-0.39, 0.29) is 32.7 Å². The van der Waals surface area contributed by atoms with Crippen molar-refractivity contribution in [3.63, 3.8) is 0 Å². The summed E-state index contributed by atoms with van der Waals surface area (Å²) in [7, 11) is -3.56. The number of benzene rings is 1. The van der Waals surface area contributed by atoms with Crippen LogP contribution in [-0.4, -0.2) is 91.0 Å². The number of carbonyl (C=O) groups is 2. The number of hydrogen-bond acceptors (Lipinski definition) is 11. The Morgan fingerprint density at radius 1 is 1.26 bits per heavy atom. The number of carboxylic acids is 2. The number of carboxylic acid groups (broad SMARTS) is 2. The zero-order valence-electron chi connectivity index (χ0n) is 19.2. The summed E-state index contributed by atoms with van der Waals surface area (Å²) in [6.07, 6.45) is -5.45. The van der Waals surface area contributed by atoms with Gasteiger partial charge in [0.05, 0.1) is 11.2 Å². The Labute approximate surface area is 217 Å². The molecular weight excluding hydrogens is 553 g/mol. The van der Waals surface area contributed by atoms with E-state index >= 15 is 4.39 Å². The van der Waals surface area contributed by atoms with Crippen LogP contribution in [0.2, 0.25) is 5.28 Å². The van der Waals surface area contributed by atoms with Crippen molar-refractivity contribution < 1.29 is 47.2 Å². The maximum Gasteiger partial charge on any atom is 0.348 e. The number of halogens is 2. The second-order valence-corrected chi connectivity index (χ2v) is 11.4. The lowest BCUT2D eigenvalue weighted by atomic mass is 9.94. The van der Waals surface area contributed by atoms with Crippen LogP contribution in [0.5, 0.6) is 0 Å². The SMILES string of the molecule is CS(=O)(=O)c1ccc(CC(OC2[C@H]3O[C@@H](n4cnc5c(N)nc(Cl)nc54)[C@@H](F)[C@@]23O)(C(=O)O)C(=O)O)cc1. The van der Waals surface area contributed by atoms with E-state index in [0.717, 1.165) is 17.2 Å². The second-order valence-electron chi connectivity index (χ2n) is 9.01. The Kier molecular flexibility index (Phi) is 5.88. The van der Waals surface area contributed by atoms with Gasteiger partial charge >= 0.3 is 11.9 Å². The Hall–Kier alpha value is -3.44. The molecule has 0 bridgehead atoms. The molecule has 1 saturated heterocycles. The number of anilines is 1. The molecule has 2 aliphatic rings. The van der Waals surface area contributed by atoms with E-state index in [4.69, 9.17) is 26.8 Å². The van der Waals surface area contributed by atoms with Gasteiger partial charge in [0, 0.05) is 12.7 Å². The van der Waals surface area contributed by atoms with Gasteiger partial charge in [0.15, 0.2) is 39.3 Å². The number of fused-ring (bicyclic) bond motifs is 2. The van der Waals surface area contributed by atoms with Gasteiger partial charge in [-0.15, -0.1) is 0 Å². The zero-order chi connectivity index (χ0) is 27.8. The van der Waals surface area contributed by atoms with Gasteiger partial charge in [-0.2, -0.15) is 9.97 Å². The minimum absolute atomic E-state index is 0.0143. The van der Waals surface area contributed by atoms with Gasteiger partial charge in [-0.3, -0.25) is 4.57 Å². The number of aliphatic hydroxyl groups is 1. The second kappa shape index (κ2) is 8.54. The van der Waals surface area contributed by atoms with E-state index in [0.29, 0.717) is 0 Å². The first-order chi connectivity index (χ1) is 17.7. The molecule has 1 aliphatic heterocycles. The molecule has 1 saturated carbocycles. The van der Waals surface area contributed by atoms with Crippen molar-refractivity contribution in [3.05, 3.63) is 41.4 Å². The molecule has 202 valence electrons. The zero-order valence-corrected chi connectivity index (χ0v) is 20.8. The minimum atomic E-state index is -3.56. The Morgan fingerprint density at radius 2 is 1.89 bits per heavy atom. The molecule has 1 aliphatic carbocycles. The van der Waals surface area contributed by atoms with E-state index in [1.165, 1.54) is 24.3 Å². The van der Waals surface area contributed by atoms with Crippen LogP contribution in [0, 0.1) is 0 Å². The van der Waals surface area contributed by atoms with Gasteiger partial charge in [-0.05, 0) is 29.3 Å². The van der Waals surface area contributed by atoms with Gasteiger partial charge in [0.25, 0.3) is 5.60 Å². The Bertz CT molecular complexity index is 1570. The van der Waals surface area contributed by atoms with Gasteiger partial charge < -0.3 is 30.5 Å². The van der Waals surface area contributed by atoms with Crippen molar-refractivity contribution in [1.29, 1.82) is 0 Å². The summed E-state index contributed by atoms with van der Waals surface area (Å²) in [5.74, 6) is -3.91. The van der Waals surface area contributed by atoms with Gasteiger partial charge in [-0.1, -0.05) is 12.1 Å². The number of hydrogen-bond donors (Lipinski definition) is 4. The lowest BCUT2D eigenvalue weighted by molar-refractivity contribution is -0.194. The normalized spacial score (nSPS) is 26.8. The number of nitrogens with two attached hydrogens (primary N) is 1. The first-order valence-corrected chi connectivity index (χ1v) is 13.1. The molecule has 0 amide bonds. The number of rotatable bonds is 8. The first kappa shape index (κ1) is 26.2. The molecule has 5 rings (SSSR count). The largest absolute Gasteiger partial charge is 0.479 e. The van der Waals surface area contributed by atoms with Crippen molar-refractivity contribution in [3.8, 4) is 0 Å². The maximum atomic E-state index is 15.5. The summed E-state index contributed by atoms with van der Waals surface area (Å²) in [6.45, 7) is 0. The average Bonchev–Trinajstić information content (AvgIpc) is 3.07. The quantitative estimate of drug-likeness (QED) is 0.207. The highest BCUT2D eigenvalue weighted by Crippen LogP contribution is 2.58. The Morgan fingerprint density at radius 3 is 2.42 bits per heavy atom. The van der Waals surface area contributed by atoms with Crippen molar-refractivity contribution in [1.82, 2.24) is 19.5 Å². The van der Waals surface area contributed by atoms with Crippen molar-refractivity contribution in [2.75, 3.05) is 12.0 Å². The van der Waals surface area contributed by atoms with E-state index in [9.17, 15) is 33.3 Å². The van der Waals surface area contributed by atoms with Gasteiger partial charge in [-0.25, -0.2) is 27.4 Å². The van der Waals surface area contributed by atoms with Crippen molar-refractivity contribution in [2.24, 2.45) is 0 Å². The van der Waals surface area contributed by atoms with Crippen LogP contribution in [0.1, 0.15) is 11.8 Å². The number of sulfone groups is 1. The molecule has 1 unspecified atom stereocenters. The molecule has 2 fully saturated rings. The summed E-state index contributed by atoms with van der Waals surface area (Å²) in [5.41, 5.74) is 0.630. The molecule has 2 aromatic heterocycles. The smallest absolute Gasteiger partial charge is 0.348 e. The van der Waals surface area contributed by atoms with Crippen LogP contribution >= 0.6 is 11.6 Å². The molecule has 0 radical (unpaired) electrons. The number of nitrogen functional groups attached to an aromatic ring is 1. The molecular formula is C21H19ClFN5O9S. The summed E-state index contributed by atoms with van der Waals surface area (Å²) in [4.78, 5) is 35.9. The predicted octanol–water partition coefficient (Wildman–Crippen LogP) is -0.0185. The number of alkyl halides is 1. The molecule has 14 nitrogen and oxygen atoms in total. The third-order valence-corrected chi connectivity index (χ3v) is 7.87. The lowest BCUT2D eigenvalue weighted by Crippen LogP contribution is -2.53. The van der Waals surface area contributed by atoms with Crippen LogP contribution in [0.15, 0.2) is 35.5 Å². The third-order valence-electron chi connectivity index (χ3n) is 6.57. The number of imidazole rings is 1. The van der Waals surface area contributed by atoms with E-state index < -0.39 is 64.0 Å². The van der Waals surface area contributed by atoms with Crippen LogP contribution in [0.3, 0.4) is 0 Å². The van der Waals surface area contributed by atoms with Crippen molar-refractivity contribution in [2.45, 2.75) is 47.1 Å². The summed E-state index contributed by atoms with van der Waals surface area (Å²) in [5, 5.41) is 30.4. The number of aromatic nitrogens is 4. The maximum absolute atomic E-state index is 15.5. The molecule has 0 spiro atoms. The van der Waals surface area contributed by atoms with Crippen LogP contribution in [0.4, 0.5) is 10.2 Å². The van der Waals surface area contributed by atoms with Crippen LogP contribution < -0.4 is 5.73 Å². The molecule has 38 heavy (non-hydrogen) atoms. The predicted molar refractivity (Wildman–Crippen MR) is 125 cm³/mol. The average molecular weight is 572 g/mol. The summed E-state index contributed by atoms with van der Waals surface area (Å²) < 4.78 is 51.0. The van der Waals surface area contributed by atoms with Crippen LogP contribution in [-0.2, 0) is 35.3 Å². The topological polar surface area (TPSA) is 217 Å². The summed E-state index contributed by atoms with van der Waals surface area (Å²) in [6, 6.07) is 4.83. The molecule has 1 aromatic carbocycles. The number of aliphatic carboxylic acids is 2. The van der Waals surface area contributed by atoms with E-state index in [1.807, 2.05) is 0 Å². The molecule has 5 atom stereocenters. The monoisotopic (exact) mass is 571 g/mol.